The van der Waals surface area contributed by atoms with E-state index in [4.69, 9.17) is 11.5 Å². The molecule has 1 aliphatic heterocycles. The van der Waals surface area contributed by atoms with Crippen molar-refractivity contribution in [2.45, 2.75) is 44.3 Å². The number of nitrogens with two attached hydrogens (primary N) is 2. The van der Waals surface area contributed by atoms with Crippen molar-refractivity contribution in [3.63, 3.8) is 0 Å². The predicted molar refractivity (Wildman–Crippen MR) is 130 cm³/mol. The van der Waals surface area contributed by atoms with Gasteiger partial charge in [0.05, 0.1) is 17.7 Å². The van der Waals surface area contributed by atoms with Crippen LogP contribution in [0.3, 0.4) is 0 Å². The molecule has 0 saturated heterocycles. The number of hydrogen-bond donors (Lipinski definition) is 4. The molecule has 8 nitrogen and oxygen atoms in total. The lowest BCUT2D eigenvalue weighted by molar-refractivity contribution is -0.437. The van der Waals surface area contributed by atoms with Crippen LogP contribution in [0.15, 0.2) is 71.5 Å². The van der Waals surface area contributed by atoms with E-state index < -0.39 is 10.6 Å². The molecule has 33 heavy (non-hydrogen) atoms. The van der Waals surface area contributed by atoms with Crippen LogP contribution >= 0.6 is 0 Å². The highest BCUT2D eigenvalue weighted by atomic mass is 16.6. The number of nitro groups is 1. The summed E-state index contributed by atoms with van der Waals surface area (Å²) in [5.74, 6) is 1.30. The molecular formula is C25H32N6O2. The quantitative estimate of drug-likeness (QED) is 0.379. The van der Waals surface area contributed by atoms with E-state index in [1.807, 2.05) is 36.4 Å². The number of nitrogens with zero attached hydrogens (tertiary/aromatic N) is 2. The molecule has 1 saturated carbocycles. The minimum Gasteiger partial charge on any atom is -0.330 e. The van der Waals surface area contributed by atoms with E-state index in [1.54, 1.807) is 0 Å². The largest absolute Gasteiger partial charge is 0.330 e. The van der Waals surface area contributed by atoms with E-state index in [9.17, 15) is 10.1 Å². The number of benzene rings is 2. The Morgan fingerprint density at radius 3 is 2.39 bits per heavy atom. The van der Waals surface area contributed by atoms with Crippen LogP contribution in [0, 0.1) is 22.0 Å². The summed E-state index contributed by atoms with van der Waals surface area (Å²) in [7, 11) is 0. The zero-order valence-corrected chi connectivity index (χ0v) is 18.7. The third kappa shape index (κ3) is 5.40. The summed E-state index contributed by atoms with van der Waals surface area (Å²) in [4.78, 5) is 16.0. The summed E-state index contributed by atoms with van der Waals surface area (Å²) >= 11 is 0. The van der Waals surface area contributed by atoms with Gasteiger partial charge in [0.15, 0.2) is 11.6 Å². The monoisotopic (exact) mass is 448 g/mol. The first-order chi connectivity index (χ1) is 16.0. The van der Waals surface area contributed by atoms with Crippen LogP contribution in [0.1, 0.15) is 37.7 Å². The number of aliphatic imine (C=N–C) groups is 1. The van der Waals surface area contributed by atoms with Crippen molar-refractivity contribution in [1.29, 1.82) is 0 Å². The molecule has 0 bridgehead atoms. The molecule has 0 amide bonds. The van der Waals surface area contributed by atoms with E-state index in [2.05, 4.69) is 33.8 Å². The maximum Gasteiger partial charge on any atom is 0.301 e. The van der Waals surface area contributed by atoms with E-state index >= 15 is 0 Å². The van der Waals surface area contributed by atoms with Crippen LogP contribution < -0.4 is 22.1 Å². The first-order valence-electron chi connectivity index (χ1n) is 11.5. The van der Waals surface area contributed by atoms with Gasteiger partial charge in [-0.05, 0) is 67.2 Å². The smallest absolute Gasteiger partial charge is 0.301 e. The molecule has 4 rings (SSSR count). The van der Waals surface area contributed by atoms with Crippen LogP contribution in [0.5, 0.6) is 0 Å². The highest BCUT2D eigenvalue weighted by Gasteiger charge is 2.44. The molecule has 1 unspecified atom stereocenters. The maximum absolute atomic E-state index is 11.7. The van der Waals surface area contributed by atoms with E-state index in [1.165, 1.54) is 6.20 Å². The lowest BCUT2D eigenvalue weighted by atomic mass is 9.77. The molecule has 1 fully saturated rings. The molecule has 6 N–H and O–H groups in total. The Kier molecular flexibility index (Phi) is 7.05. The van der Waals surface area contributed by atoms with Crippen molar-refractivity contribution in [2.75, 3.05) is 6.54 Å². The van der Waals surface area contributed by atoms with Crippen LogP contribution in [-0.2, 0) is 6.54 Å². The lowest BCUT2D eigenvalue weighted by Crippen LogP contribution is -2.64. The fourth-order valence-corrected chi connectivity index (χ4v) is 4.88. The fourth-order valence-electron chi connectivity index (χ4n) is 4.88. The second kappa shape index (κ2) is 10.1. The van der Waals surface area contributed by atoms with Crippen LogP contribution in [-0.4, -0.2) is 23.1 Å². The topological polar surface area (TPSA) is 132 Å². The second-order valence-electron chi connectivity index (χ2n) is 9.04. The fraction of sp³-hybridized carbons (Fsp3) is 0.400. The first-order valence-corrected chi connectivity index (χ1v) is 11.5. The van der Waals surface area contributed by atoms with E-state index in [-0.39, 0.29) is 5.70 Å². The molecule has 0 radical (unpaired) electrons. The predicted octanol–water partition coefficient (Wildman–Crippen LogP) is 3.33. The standard InChI is InChI=1S/C25H32N6O2/c26-15-19-12-10-18(11-13-19)14-25(27)23(31(32)33)17-29-24(30-25)28-16-21-8-4-5-9-22(21)20-6-2-1-3-7-20/h1-9,17-19H,10-16,26-27H2,(H2,28,29,30). The number of guanidine groups is 1. The Morgan fingerprint density at radius 2 is 1.70 bits per heavy atom. The SMILES string of the molecule is NCC1CCC(CC2(N)NC(=NCc3ccccc3-c3ccccc3)NC=C2[N+](=O)[O-])CC1. The van der Waals surface area contributed by atoms with E-state index in [0.717, 1.165) is 42.4 Å². The summed E-state index contributed by atoms with van der Waals surface area (Å²) in [6.07, 6.45) is 5.92. The van der Waals surface area contributed by atoms with Crippen LogP contribution in [0.4, 0.5) is 0 Å². The van der Waals surface area contributed by atoms with Gasteiger partial charge in [-0.15, -0.1) is 0 Å². The molecular weight excluding hydrogens is 416 g/mol. The zero-order valence-electron chi connectivity index (χ0n) is 18.7. The summed E-state index contributed by atoms with van der Waals surface area (Å²) < 4.78 is 0. The van der Waals surface area contributed by atoms with Crippen molar-refractivity contribution < 1.29 is 4.92 Å². The molecule has 1 aliphatic carbocycles. The molecule has 2 aliphatic rings. The Labute approximate surface area is 194 Å². The highest BCUT2D eigenvalue weighted by molar-refractivity contribution is 5.83. The van der Waals surface area contributed by atoms with Gasteiger partial charge in [0, 0.05) is 0 Å². The summed E-state index contributed by atoms with van der Waals surface area (Å²) in [6.45, 7) is 1.11. The molecule has 0 aromatic heterocycles. The summed E-state index contributed by atoms with van der Waals surface area (Å²) in [5.41, 5.74) is 14.4. The van der Waals surface area contributed by atoms with Gasteiger partial charge in [0.2, 0.25) is 0 Å². The molecule has 1 heterocycles. The van der Waals surface area contributed by atoms with Gasteiger partial charge in [-0.25, -0.2) is 4.99 Å². The Hall–Kier alpha value is -3.23. The third-order valence-electron chi connectivity index (χ3n) is 6.76. The second-order valence-corrected chi connectivity index (χ2v) is 9.04. The molecule has 0 spiro atoms. The minimum absolute atomic E-state index is 0.0629. The van der Waals surface area contributed by atoms with Gasteiger partial charge in [-0.2, -0.15) is 0 Å². The molecule has 2 aromatic carbocycles. The van der Waals surface area contributed by atoms with Crippen molar-refractivity contribution in [2.24, 2.45) is 28.3 Å². The maximum atomic E-state index is 11.7. The van der Waals surface area contributed by atoms with E-state index in [0.29, 0.717) is 37.3 Å². The van der Waals surface area contributed by atoms with Crippen molar-refractivity contribution in [3.8, 4) is 11.1 Å². The number of hydrogen-bond acceptors (Lipinski definition) is 5. The van der Waals surface area contributed by atoms with Crippen LogP contribution in [0.25, 0.3) is 11.1 Å². The Balaban J connectivity index is 1.51. The molecule has 8 heteroatoms. The lowest BCUT2D eigenvalue weighted by Gasteiger charge is -2.37. The van der Waals surface area contributed by atoms with Gasteiger partial charge < -0.3 is 16.4 Å². The number of nitrogens with one attached hydrogen (secondary N) is 2. The molecule has 1 atom stereocenters. The number of rotatable bonds is 7. The first kappa shape index (κ1) is 22.9. The Morgan fingerprint density at radius 1 is 1.03 bits per heavy atom. The van der Waals surface area contributed by atoms with Gasteiger partial charge in [0.1, 0.15) is 0 Å². The molecule has 174 valence electrons. The normalized spacial score (nSPS) is 26.2. The van der Waals surface area contributed by atoms with Crippen molar-refractivity contribution >= 4 is 5.96 Å². The average Bonchev–Trinajstić information content (AvgIpc) is 2.83. The van der Waals surface area contributed by atoms with Gasteiger partial charge in [-0.3, -0.25) is 15.8 Å². The van der Waals surface area contributed by atoms with Gasteiger partial charge in [-0.1, -0.05) is 54.6 Å². The van der Waals surface area contributed by atoms with Gasteiger partial charge >= 0.3 is 5.70 Å². The molecule has 2 aromatic rings. The van der Waals surface area contributed by atoms with Gasteiger partial charge in [0.25, 0.3) is 0 Å². The van der Waals surface area contributed by atoms with Crippen molar-refractivity contribution in [1.82, 2.24) is 10.6 Å². The minimum atomic E-state index is -1.27. The zero-order chi connectivity index (χ0) is 23.3. The summed E-state index contributed by atoms with van der Waals surface area (Å²) in [5, 5.41) is 17.8. The van der Waals surface area contributed by atoms with Crippen LogP contribution in [0.2, 0.25) is 0 Å². The highest BCUT2D eigenvalue weighted by Crippen LogP contribution is 2.34. The Bertz CT molecular complexity index is 1030. The van der Waals surface area contributed by atoms with Crippen molar-refractivity contribution in [3.05, 3.63) is 82.2 Å². The summed E-state index contributed by atoms with van der Waals surface area (Å²) in [6, 6.07) is 18.3. The third-order valence-corrected chi connectivity index (χ3v) is 6.76. The average molecular weight is 449 g/mol.